The molecule has 0 aromatic rings. The minimum Gasteiger partial charge on any atom is -0.481 e. The van der Waals surface area contributed by atoms with Crippen molar-refractivity contribution >= 4 is 11.8 Å². The maximum atomic E-state index is 11.3. The number of aliphatic carboxylic acids is 1. The van der Waals surface area contributed by atoms with Gasteiger partial charge in [-0.3, -0.25) is 9.59 Å². The number of unbranched alkanes of at least 4 members (excludes halogenated alkanes) is 2. The minimum absolute atomic E-state index is 0.406. The number of ketones is 1. The van der Waals surface area contributed by atoms with Crippen LogP contribution in [0, 0.1) is 0 Å². The smallest absolute Gasteiger partial charge is 0.300 e. The molecule has 0 saturated carbocycles. The van der Waals surface area contributed by atoms with Crippen LogP contribution in [-0.2, 0) is 9.59 Å². The molecule has 0 radical (unpaired) electrons. The van der Waals surface area contributed by atoms with Crippen LogP contribution < -0.4 is 0 Å². The summed E-state index contributed by atoms with van der Waals surface area (Å²) in [7, 11) is 0. The van der Waals surface area contributed by atoms with Gasteiger partial charge in [-0.1, -0.05) is 25.3 Å². The van der Waals surface area contributed by atoms with Gasteiger partial charge in [0.25, 0.3) is 5.97 Å². The van der Waals surface area contributed by atoms with Crippen LogP contribution >= 0.6 is 0 Å². The lowest BCUT2D eigenvalue weighted by Crippen LogP contribution is -1.96. The number of allylic oxidation sites excluding steroid dienone is 2. The van der Waals surface area contributed by atoms with Crippen LogP contribution in [0.25, 0.3) is 0 Å². The van der Waals surface area contributed by atoms with Gasteiger partial charge in [0.2, 0.25) is 0 Å². The Balaban J connectivity index is 0.000000487. The number of carboxylic acids is 1. The predicted octanol–water partition coefficient (Wildman–Crippen LogP) is 3.34. The first-order chi connectivity index (χ1) is 7.49. The lowest BCUT2D eigenvalue weighted by molar-refractivity contribution is -0.134. The first kappa shape index (κ1) is 14.9. The average molecular weight is 226 g/mol. The molecule has 0 atom stereocenters. The maximum absolute atomic E-state index is 11.3. The zero-order chi connectivity index (χ0) is 12.6. The number of carbonyl (C=O) groups is 2. The van der Waals surface area contributed by atoms with Crippen LogP contribution in [0.2, 0.25) is 0 Å². The van der Waals surface area contributed by atoms with Crippen LogP contribution in [0.5, 0.6) is 0 Å². The molecule has 0 heterocycles. The van der Waals surface area contributed by atoms with Crippen LogP contribution in [-0.4, -0.2) is 16.9 Å². The summed E-state index contributed by atoms with van der Waals surface area (Å²) in [6, 6.07) is 0. The number of rotatable bonds is 4. The summed E-state index contributed by atoms with van der Waals surface area (Å²) in [6.45, 7) is 5.38. The molecule has 1 aliphatic carbocycles. The molecule has 0 aliphatic heterocycles. The molecule has 1 rings (SSSR count). The molecule has 0 bridgehead atoms. The van der Waals surface area contributed by atoms with Crippen LogP contribution in [0.3, 0.4) is 0 Å². The van der Waals surface area contributed by atoms with Gasteiger partial charge in [-0.2, -0.15) is 0 Å². The van der Waals surface area contributed by atoms with Gasteiger partial charge in [-0.15, -0.1) is 0 Å². The lowest BCUT2D eigenvalue weighted by atomic mass is 10.0. The Labute approximate surface area is 97.5 Å². The second kappa shape index (κ2) is 8.08. The summed E-state index contributed by atoms with van der Waals surface area (Å²) in [5.41, 5.74) is 2.49. The highest BCUT2D eigenvalue weighted by atomic mass is 16.4. The zero-order valence-corrected chi connectivity index (χ0v) is 10.5. The quantitative estimate of drug-likeness (QED) is 0.748. The Hall–Kier alpha value is -1.12. The van der Waals surface area contributed by atoms with Crippen molar-refractivity contribution in [3.63, 3.8) is 0 Å². The highest BCUT2D eigenvalue weighted by Crippen LogP contribution is 2.26. The van der Waals surface area contributed by atoms with Crippen molar-refractivity contribution in [1.82, 2.24) is 0 Å². The summed E-state index contributed by atoms with van der Waals surface area (Å²) >= 11 is 0. The van der Waals surface area contributed by atoms with Gasteiger partial charge in [0, 0.05) is 13.3 Å². The summed E-state index contributed by atoms with van der Waals surface area (Å²) in [6.07, 6.45) is 6.49. The van der Waals surface area contributed by atoms with Gasteiger partial charge in [-0.05, 0) is 31.8 Å². The van der Waals surface area contributed by atoms with Gasteiger partial charge < -0.3 is 5.11 Å². The Bertz CT molecular complexity index is 273. The second-order valence-electron chi connectivity index (χ2n) is 4.16. The molecular formula is C13H22O3. The van der Waals surface area contributed by atoms with Gasteiger partial charge >= 0.3 is 0 Å². The van der Waals surface area contributed by atoms with E-state index in [9.17, 15) is 4.79 Å². The Morgan fingerprint density at radius 2 is 1.88 bits per heavy atom. The second-order valence-corrected chi connectivity index (χ2v) is 4.16. The van der Waals surface area contributed by atoms with Gasteiger partial charge in [0.15, 0.2) is 5.78 Å². The van der Waals surface area contributed by atoms with Gasteiger partial charge in [-0.25, -0.2) is 0 Å². The Morgan fingerprint density at radius 1 is 1.31 bits per heavy atom. The number of Topliss-reactive ketones (excluding diaryl/α,β-unsaturated/α-hetero) is 1. The summed E-state index contributed by atoms with van der Waals surface area (Å²) < 4.78 is 0. The van der Waals surface area contributed by atoms with E-state index >= 15 is 0 Å². The molecule has 16 heavy (non-hydrogen) atoms. The van der Waals surface area contributed by atoms with Crippen molar-refractivity contribution < 1.29 is 14.7 Å². The van der Waals surface area contributed by atoms with E-state index in [1.54, 1.807) is 0 Å². The largest absolute Gasteiger partial charge is 0.481 e. The zero-order valence-electron chi connectivity index (χ0n) is 10.5. The van der Waals surface area contributed by atoms with Crippen LogP contribution in [0.1, 0.15) is 59.3 Å². The highest BCUT2D eigenvalue weighted by Gasteiger charge is 2.18. The SMILES string of the molecule is CC(=O)O.CCCCCC1=C(C)CCC1=O. The fourth-order valence-electron chi connectivity index (χ4n) is 1.75. The maximum Gasteiger partial charge on any atom is 0.300 e. The lowest BCUT2D eigenvalue weighted by Gasteiger charge is -2.00. The van der Waals surface area contributed by atoms with Crippen molar-refractivity contribution in [1.29, 1.82) is 0 Å². The Morgan fingerprint density at radius 3 is 2.25 bits per heavy atom. The van der Waals surface area contributed by atoms with E-state index in [0.29, 0.717) is 5.78 Å². The normalized spacial score (nSPS) is 14.8. The van der Waals surface area contributed by atoms with Crippen molar-refractivity contribution in [3.05, 3.63) is 11.1 Å². The number of carbonyl (C=O) groups excluding carboxylic acids is 1. The molecule has 0 aromatic carbocycles. The van der Waals surface area contributed by atoms with E-state index in [4.69, 9.17) is 9.90 Å². The topological polar surface area (TPSA) is 54.4 Å². The highest BCUT2D eigenvalue weighted by molar-refractivity contribution is 5.98. The molecule has 0 spiro atoms. The summed E-state index contributed by atoms with van der Waals surface area (Å²) in [5.74, 6) is -0.427. The van der Waals surface area contributed by atoms with E-state index in [1.165, 1.54) is 24.8 Å². The van der Waals surface area contributed by atoms with E-state index in [1.807, 2.05) is 0 Å². The minimum atomic E-state index is -0.833. The predicted molar refractivity (Wildman–Crippen MR) is 64.4 cm³/mol. The summed E-state index contributed by atoms with van der Waals surface area (Å²) in [4.78, 5) is 20.3. The molecule has 0 unspecified atom stereocenters. The third-order valence-corrected chi connectivity index (χ3v) is 2.61. The third-order valence-electron chi connectivity index (χ3n) is 2.61. The fourth-order valence-corrected chi connectivity index (χ4v) is 1.75. The van der Waals surface area contributed by atoms with E-state index in [2.05, 4.69) is 13.8 Å². The molecule has 0 aromatic heterocycles. The third kappa shape index (κ3) is 6.38. The first-order valence-electron chi connectivity index (χ1n) is 5.90. The van der Waals surface area contributed by atoms with Crippen molar-refractivity contribution in [2.45, 2.75) is 59.3 Å². The van der Waals surface area contributed by atoms with Gasteiger partial charge in [0.05, 0.1) is 0 Å². The number of hydrogen-bond donors (Lipinski definition) is 1. The van der Waals surface area contributed by atoms with E-state index in [0.717, 1.165) is 31.8 Å². The molecule has 3 nitrogen and oxygen atoms in total. The molecule has 92 valence electrons. The molecular weight excluding hydrogens is 204 g/mol. The number of carboxylic acid groups (broad SMARTS) is 1. The molecule has 0 amide bonds. The summed E-state index contributed by atoms with van der Waals surface area (Å²) in [5, 5.41) is 7.42. The Kier molecular flexibility index (Phi) is 7.52. The average Bonchev–Trinajstić information content (AvgIpc) is 2.48. The van der Waals surface area contributed by atoms with Crippen molar-refractivity contribution in [2.75, 3.05) is 0 Å². The number of hydrogen-bond acceptors (Lipinski definition) is 2. The van der Waals surface area contributed by atoms with Crippen LogP contribution in [0.15, 0.2) is 11.1 Å². The standard InChI is InChI=1S/C11H18O.C2H4O2/c1-3-4-5-6-10-9(2)7-8-11(10)12;1-2(3)4/h3-8H2,1-2H3;1H3,(H,3,4). The molecule has 0 fully saturated rings. The van der Waals surface area contributed by atoms with E-state index < -0.39 is 5.97 Å². The fraction of sp³-hybridized carbons (Fsp3) is 0.692. The molecule has 1 aliphatic rings. The van der Waals surface area contributed by atoms with Crippen LogP contribution in [0.4, 0.5) is 0 Å². The van der Waals surface area contributed by atoms with Gasteiger partial charge in [0.1, 0.15) is 0 Å². The molecule has 1 N–H and O–H groups in total. The van der Waals surface area contributed by atoms with Crippen molar-refractivity contribution in [3.8, 4) is 0 Å². The molecule has 3 heteroatoms. The van der Waals surface area contributed by atoms with Crippen molar-refractivity contribution in [2.24, 2.45) is 0 Å². The monoisotopic (exact) mass is 226 g/mol. The molecule has 0 saturated heterocycles. The first-order valence-corrected chi connectivity index (χ1v) is 5.90. The van der Waals surface area contributed by atoms with E-state index in [-0.39, 0.29) is 0 Å².